The van der Waals surface area contributed by atoms with Gasteiger partial charge in [0.15, 0.2) is 11.5 Å². The zero-order chi connectivity index (χ0) is 24.3. The number of rotatable bonds is 8. The Kier molecular flexibility index (Phi) is 6.65. The third kappa shape index (κ3) is 5.28. The summed E-state index contributed by atoms with van der Waals surface area (Å²) in [6.45, 7) is 3.16. The van der Waals surface area contributed by atoms with Crippen molar-refractivity contribution in [1.82, 2.24) is 10.2 Å². The van der Waals surface area contributed by atoms with E-state index in [1.807, 2.05) is 12.1 Å². The topological polar surface area (TPSA) is 110 Å². The summed E-state index contributed by atoms with van der Waals surface area (Å²) < 4.78 is 44.7. The van der Waals surface area contributed by atoms with Crippen molar-refractivity contribution >= 4 is 21.6 Å². The number of carbonyl (C=O) groups excluding carboxylic acids is 1. The van der Waals surface area contributed by atoms with Crippen molar-refractivity contribution in [3.05, 3.63) is 72.2 Å². The molecule has 2 aromatic carbocycles. The molecule has 3 aromatic rings. The molecular formula is C25H27N3O6S. The molecule has 2 aliphatic heterocycles. The van der Waals surface area contributed by atoms with Gasteiger partial charge in [-0.05, 0) is 74.5 Å². The zero-order valence-corrected chi connectivity index (χ0v) is 19.9. The van der Waals surface area contributed by atoms with Gasteiger partial charge in [0.2, 0.25) is 0 Å². The van der Waals surface area contributed by atoms with Crippen LogP contribution in [0.2, 0.25) is 0 Å². The minimum Gasteiger partial charge on any atom is -0.486 e. The second kappa shape index (κ2) is 10.0. The number of furan rings is 1. The number of fused-ring (bicyclic) bond motifs is 1. The highest BCUT2D eigenvalue weighted by Gasteiger charge is 2.26. The number of likely N-dealkylation sites (tertiary alicyclic amines) is 1. The molecule has 1 aromatic heterocycles. The van der Waals surface area contributed by atoms with Crippen LogP contribution in [0.4, 0.5) is 5.69 Å². The summed E-state index contributed by atoms with van der Waals surface area (Å²) in [7, 11) is -3.84. The normalized spacial score (nSPS) is 16.6. The Morgan fingerprint density at radius 1 is 0.971 bits per heavy atom. The second-order valence-electron chi connectivity index (χ2n) is 8.47. The number of sulfonamides is 1. The summed E-state index contributed by atoms with van der Waals surface area (Å²) in [4.78, 5) is 15.1. The smallest absolute Gasteiger partial charge is 0.262 e. The molecule has 0 spiro atoms. The third-order valence-electron chi connectivity index (χ3n) is 6.13. The Labute approximate surface area is 204 Å². The van der Waals surface area contributed by atoms with Crippen LogP contribution >= 0.6 is 0 Å². The highest BCUT2D eigenvalue weighted by molar-refractivity contribution is 7.92. The number of carbonyl (C=O) groups is 1. The lowest BCUT2D eigenvalue weighted by molar-refractivity contribution is 0.0934. The van der Waals surface area contributed by atoms with Gasteiger partial charge in [-0.15, -0.1) is 0 Å². The van der Waals surface area contributed by atoms with Gasteiger partial charge in [-0.3, -0.25) is 14.4 Å². The summed E-state index contributed by atoms with van der Waals surface area (Å²) in [6.07, 6.45) is 3.91. The average molecular weight is 498 g/mol. The molecule has 1 fully saturated rings. The van der Waals surface area contributed by atoms with E-state index >= 15 is 0 Å². The van der Waals surface area contributed by atoms with Gasteiger partial charge in [-0.1, -0.05) is 0 Å². The van der Waals surface area contributed by atoms with Crippen LogP contribution in [-0.4, -0.2) is 52.1 Å². The van der Waals surface area contributed by atoms with E-state index < -0.39 is 10.0 Å². The summed E-state index contributed by atoms with van der Waals surface area (Å²) in [5, 5.41) is 2.98. The maximum atomic E-state index is 12.8. The lowest BCUT2D eigenvalue weighted by Crippen LogP contribution is -2.36. The summed E-state index contributed by atoms with van der Waals surface area (Å²) in [6, 6.07) is 14.6. The van der Waals surface area contributed by atoms with E-state index in [2.05, 4.69) is 14.9 Å². The van der Waals surface area contributed by atoms with Crippen molar-refractivity contribution in [2.24, 2.45) is 0 Å². The van der Waals surface area contributed by atoms with Crippen LogP contribution in [0.25, 0.3) is 0 Å². The van der Waals surface area contributed by atoms with Gasteiger partial charge in [0, 0.05) is 23.9 Å². The number of nitrogens with one attached hydrogen (secondary N) is 2. The lowest BCUT2D eigenvalue weighted by atomic mass is 10.1. The van der Waals surface area contributed by atoms with Crippen LogP contribution in [0.5, 0.6) is 11.5 Å². The van der Waals surface area contributed by atoms with Crippen molar-refractivity contribution < 1.29 is 27.1 Å². The van der Waals surface area contributed by atoms with Gasteiger partial charge in [0.1, 0.15) is 19.0 Å². The molecule has 0 unspecified atom stereocenters. The van der Waals surface area contributed by atoms with Crippen LogP contribution in [0, 0.1) is 0 Å². The molecule has 184 valence electrons. The summed E-state index contributed by atoms with van der Waals surface area (Å²) in [5.41, 5.74) is 0.786. The number of benzene rings is 2. The summed E-state index contributed by atoms with van der Waals surface area (Å²) in [5.74, 6) is 1.51. The van der Waals surface area contributed by atoms with Crippen molar-refractivity contribution in [2.75, 3.05) is 37.6 Å². The van der Waals surface area contributed by atoms with Gasteiger partial charge in [0.25, 0.3) is 15.9 Å². The van der Waals surface area contributed by atoms with Crippen molar-refractivity contribution in [3.8, 4) is 11.5 Å². The molecule has 1 saturated heterocycles. The van der Waals surface area contributed by atoms with Crippen LogP contribution in [-0.2, 0) is 10.0 Å². The van der Waals surface area contributed by atoms with E-state index in [1.165, 1.54) is 12.1 Å². The molecule has 1 atom stereocenters. The molecular weight excluding hydrogens is 470 g/mol. The molecule has 3 heterocycles. The quantitative estimate of drug-likeness (QED) is 0.491. The minimum absolute atomic E-state index is 0.0199. The molecule has 2 aliphatic rings. The average Bonchev–Trinajstić information content (AvgIpc) is 3.59. The van der Waals surface area contributed by atoms with Gasteiger partial charge >= 0.3 is 0 Å². The van der Waals surface area contributed by atoms with E-state index in [4.69, 9.17) is 13.9 Å². The first kappa shape index (κ1) is 23.3. The Bertz CT molecular complexity index is 1270. The first-order chi connectivity index (χ1) is 17.0. The third-order valence-corrected chi connectivity index (χ3v) is 7.51. The number of hydrogen-bond donors (Lipinski definition) is 2. The van der Waals surface area contributed by atoms with E-state index in [9.17, 15) is 13.2 Å². The molecule has 2 N–H and O–H groups in total. The first-order valence-electron chi connectivity index (χ1n) is 11.6. The number of nitrogens with zero attached hydrogens (tertiary/aromatic N) is 1. The van der Waals surface area contributed by atoms with Crippen LogP contribution in [0.3, 0.4) is 0 Å². The molecule has 0 aliphatic carbocycles. The van der Waals surface area contributed by atoms with Gasteiger partial charge in [-0.2, -0.15) is 0 Å². The van der Waals surface area contributed by atoms with E-state index in [-0.39, 0.29) is 16.8 Å². The van der Waals surface area contributed by atoms with Gasteiger partial charge < -0.3 is 19.2 Å². The van der Waals surface area contributed by atoms with Crippen LogP contribution < -0.4 is 19.5 Å². The highest BCUT2D eigenvalue weighted by Crippen LogP contribution is 2.33. The predicted octanol–water partition coefficient (Wildman–Crippen LogP) is 3.42. The number of anilines is 1. The Balaban J connectivity index is 1.22. The Morgan fingerprint density at radius 3 is 2.43 bits per heavy atom. The van der Waals surface area contributed by atoms with E-state index in [0.29, 0.717) is 42.5 Å². The molecule has 35 heavy (non-hydrogen) atoms. The predicted molar refractivity (Wildman–Crippen MR) is 129 cm³/mol. The first-order valence-corrected chi connectivity index (χ1v) is 13.1. The molecule has 10 heteroatoms. The lowest BCUT2D eigenvalue weighted by Gasteiger charge is -2.26. The molecule has 0 radical (unpaired) electrons. The molecule has 0 bridgehead atoms. The van der Waals surface area contributed by atoms with E-state index in [0.717, 1.165) is 31.7 Å². The fourth-order valence-electron chi connectivity index (χ4n) is 4.33. The fraction of sp³-hybridized carbons (Fsp3) is 0.320. The number of amides is 1. The summed E-state index contributed by atoms with van der Waals surface area (Å²) >= 11 is 0. The van der Waals surface area contributed by atoms with Crippen molar-refractivity contribution in [2.45, 2.75) is 23.8 Å². The molecule has 0 saturated carbocycles. The van der Waals surface area contributed by atoms with Crippen LogP contribution in [0.15, 0.2) is 70.2 Å². The monoisotopic (exact) mass is 497 g/mol. The van der Waals surface area contributed by atoms with E-state index in [1.54, 1.807) is 36.6 Å². The number of ether oxygens (including phenoxy) is 2. The zero-order valence-electron chi connectivity index (χ0n) is 19.1. The molecule has 9 nitrogen and oxygen atoms in total. The maximum absolute atomic E-state index is 12.8. The Hall–Kier alpha value is -3.50. The Morgan fingerprint density at radius 2 is 1.71 bits per heavy atom. The van der Waals surface area contributed by atoms with Crippen molar-refractivity contribution in [3.63, 3.8) is 0 Å². The second-order valence-corrected chi connectivity index (χ2v) is 10.2. The molecule has 5 rings (SSSR count). The minimum atomic E-state index is -3.84. The highest BCUT2D eigenvalue weighted by atomic mass is 32.2. The van der Waals surface area contributed by atoms with Gasteiger partial charge in [0.05, 0.1) is 17.2 Å². The number of hydrogen-bond acceptors (Lipinski definition) is 7. The standard InChI is InChI=1S/C25H27N3O6S/c29-25(26-17-21(22-4-3-13-32-22)28-11-1-2-12-28)18-5-7-19(8-6-18)27-35(30,31)20-9-10-23-24(16-20)34-15-14-33-23/h3-10,13,16,21,27H,1-2,11-12,14-15,17H2,(H,26,29)/t21-/m0/s1. The fourth-order valence-corrected chi connectivity index (χ4v) is 5.40. The largest absolute Gasteiger partial charge is 0.486 e. The van der Waals surface area contributed by atoms with Gasteiger partial charge in [-0.25, -0.2) is 8.42 Å². The van der Waals surface area contributed by atoms with Crippen molar-refractivity contribution in [1.29, 1.82) is 0 Å². The van der Waals surface area contributed by atoms with Crippen LogP contribution in [0.1, 0.15) is 35.0 Å². The SMILES string of the molecule is O=C(NC[C@@H](c1ccco1)N1CCCC1)c1ccc(NS(=O)(=O)c2ccc3c(c2)OCCO3)cc1. The maximum Gasteiger partial charge on any atom is 0.262 e. The molecule has 1 amide bonds.